The number of amides is 1. The van der Waals surface area contributed by atoms with Crippen molar-refractivity contribution in [2.75, 3.05) is 43.6 Å². The van der Waals surface area contributed by atoms with Crippen LogP contribution >= 0.6 is 12.2 Å². The first-order chi connectivity index (χ1) is 15.9. The summed E-state index contributed by atoms with van der Waals surface area (Å²) >= 11 is 5.40. The lowest BCUT2D eigenvalue weighted by Crippen LogP contribution is -2.38. The van der Waals surface area contributed by atoms with Gasteiger partial charge in [-0.1, -0.05) is 13.0 Å². The van der Waals surface area contributed by atoms with Crippen LogP contribution in [0.5, 0.6) is 5.75 Å². The van der Waals surface area contributed by atoms with E-state index in [-0.39, 0.29) is 17.1 Å². The van der Waals surface area contributed by atoms with Crippen molar-refractivity contribution in [3.8, 4) is 5.75 Å². The number of carbonyl (C=O) groups excluding carboxylic acids is 2. The molecule has 8 nitrogen and oxygen atoms in total. The largest absolute Gasteiger partial charge is 0.491 e. The van der Waals surface area contributed by atoms with Gasteiger partial charge in [0.15, 0.2) is 5.11 Å². The first-order valence-corrected chi connectivity index (χ1v) is 11.3. The van der Waals surface area contributed by atoms with Crippen LogP contribution in [0, 0.1) is 0 Å². The van der Waals surface area contributed by atoms with Gasteiger partial charge in [0.1, 0.15) is 5.75 Å². The van der Waals surface area contributed by atoms with E-state index in [4.69, 9.17) is 26.4 Å². The zero-order valence-electron chi connectivity index (χ0n) is 19.1. The van der Waals surface area contributed by atoms with Crippen LogP contribution in [0.4, 0.5) is 11.4 Å². The third kappa shape index (κ3) is 6.66. The first kappa shape index (κ1) is 24.5. The molecule has 0 radical (unpaired) electrons. The molecule has 0 aromatic heterocycles. The Kier molecular flexibility index (Phi) is 8.62. The number of hydrogen-bond donors (Lipinski definition) is 2. The monoisotopic (exact) mass is 471 g/mol. The molecule has 1 amide bonds. The maximum atomic E-state index is 12.8. The number of anilines is 2. The van der Waals surface area contributed by atoms with E-state index < -0.39 is 5.97 Å². The number of esters is 1. The molecule has 0 spiro atoms. The molecule has 0 unspecified atom stereocenters. The first-order valence-electron chi connectivity index (χ1n) is 10.9. The summed E-state index contributed by atoms with van der Waals surface area (Å²) in [6.07, 6.45) is 0.910. The van der Waals surface area contributed by atoms with Crippen molar-refractivity contribution in [2.24, 2.45) is 0 Å². The molecule has 0 bridgehead atoms. The van der Waals surface area contributed by atoms with Crippen molar-refractivity contribution >= 4 is 40.6 Å². The molecule has 3 rings (SSSR count). The number of nitrogens with one attached hydrogen (secondary N) is 2. The summed E-state index contributed by atoms with van der Waals surface area (Å²) in [5.74, 6) is -0.199. The van der Waals surface area contributed by atoms with Crippen LogP contribution in [0.15, 0.2) is 42.5 Å². The standard InChI is InChI=1S/C24H29N3O5S/c1-4-16(2)32-19-7-5-6-17(14-19)22(28)26-24(33)25-20-15-18(23(29)30-3)8-9-21(20)27-10-12-31-13-11-27/h5-9,14-16H,4,10-13H2,1-3H3,(H2,25,26,28,33)/t16-/m0/s1. The zero-order valence-corrected chi connectivity index (χ0v) is 19.9. The molecular weight excluding hydrogens is 442 g/mol. The molecule has 2 N–H and O–H groups in total. The van der Waals surface area contributed by atoms with Crippen molar-refractivity contribution in [2.45, 2.75) is 26.4 Å². The SMILES string of the molecule is CC[C@H](C)Oc1cccc(C(=O)NC(=S)Nc2cc(C(=O)OC)ccc2N2CCOCC2)c1. The predicted molar refractivity (Wildman–Crippen MR) is 131 cm³/mol. The second-order valence-electron chi connectivity index (χ2n) is 7.60. The molecule has 2 aromatic carbocycles. The van der Waals surface area contributed by atoms with E-state index in [2.05, 4.69) is 15.5 Å². The van der Waals surface area contributed by atoms with Gasteiger partial charge >= 0.3 is 5.97 Å². The number of hydrogen-bond acceptors (Lipinski definition) is 7. The maximum absolute atomic E-state index is 12.8. The van der Waals surface area contributed by atoms with Gasteiger partial charge in [0, 0.05) is 18.7 Å². The molecule has 33 heavy (non-hydrogen) atoms. The van der Waals surface area contributed by atoms with Gasteiger partial charge in [-0.25, -0.2) is 4.79 Å². The highest BCUT2D eigenvalue weighted by Crippen LogP contribution is 2.28. The number of morpholine rings is 1. The summed E-state index contributed by atoms with van der Waals surface area (Å²) in [5.41, 5.74) is 2.25. The van der Waals surface area contributed by atoms with Crippen LogP contribution in [-0.4, -0.2) is 56.5 Å². The van der Waals surface area contributed by atoms with E-state index in [1.807, 2.05) is 26.0 Å². The minimum Gasteiger partial charge on any atom is -0.491 e. The quantitative estimate of drug-likeness (QED) is 0.468. The van der Waals surface area contributed by atoms with Crippen molar-refractivity contribution < 1.29 is 23.8 Å². The number of carbonyl (C=O) groups is 2. The fourth-order valence-electron chi connectivity index (χ4n) is 3.32. The molecule has 1 aliphatic rings. The Balaban J connectivity index is 1.75. The molecule has 1 heterocycles. The van der Waals surface area contributed by atoms with E-state index >= 15 is 0 Å². The Morgan fingerprint density at radius 2 is 1.91 bits per heavy atom. The number of ether oxygens (including phenoxy) is 3. The molecule has 1 atom stereocenters. The zero-order chi connectivity index (χ0) is 23.8. The molecule has 9 heteroatoms. The van der Waals surface area contributed by atoms with Gasteiger partial charge in [0.25, 0.3) is 5.91 Å². The molecule has 2 aromatic rings. The van der Waals surface area contributed by atoms with Gasteiger partial charge in [-0.05, 0) is 62.0 Å². The Morgan fingerprint density at radius 1 is 1.15 bits per heavy atom. The van der Waals surface area contributed by atoms with Gasteiger partial charge in [-0.15, -0.1) is 0 Å². The third-order valence-corrected chi connectivity index (χ3v) is 5.46. The van der Waals surface area contributed by atoms with E-state index in [9.17, 15) is 9.59 Å². The lowest BCUT2D eigenvalue weighted by atomic mass is 10.1. The Hall–Kier alpha value is -3.17. The van der Waals surface area contributed by atoms with E-state index in [1.54, 1.807) is 30.3 Å². The minimum absolute atomic E-state index is 0.0479. The molecule has 176 valence electrons. The normalized spacial score (nSPS) is 14.2. The molecule has 0 aliphatic carbocycles. The van der Waals surface area contributed by atoms with E-state index in [0.29, 0.717) is 48.9 Å². The number of rotatable bonds is 7. The lowest BCUT2D eigenvalue weighted by Gasteiger charge is -2.31. The number of benzene rings is 2. The fraction of sp³-hybridized carbons (Fsp3) is 0.375. The third-order valence-electron chi connectivity index (χ3n) is 5.25. The van der Waals surface area contributed by atoms with Crippen LogP contribution in [0.2, 0.25) is 0 Å². The Labute approximate surface area is 199 Å². The topological polar surface area (TPSA) is 89.1 Å². The summed E-state index contributed by atoms with van der Waals surface area (Å²) in [7, 11) is 1.33. The van der Waals surface area contributed by atoms with Gasteiger partial charge < -0.3 is 24.4 Å². The second-order valence-corrected chi connectivity index (χ2v) is 8.00. The molecule has 0 saturated carbocycles. The average Bonchev–Trinajstić information content (AvgIpc) is 2.84. The molecule has 1 fully saturated rings. The van der Waals surface area contributed by atoms with Crippen molar-refractivity contribution in [1.82, 2.24) is 5.32 Å². The highest BCUT2D eigenvalue weighted by atomic mass is 32.1. The van der Waals surface area contributed by atoms with E-state index in [0.717, 1.165) is 12.1 Å². The summed E-state index contributed by atoms with van der Waals surface area (Å²) in [5, 5.41) is 5.88. The van der Waals surface area contributed by atoms with Crippen LogP contribution in [0.1, 0.15) is 41.0 Å². The summed E-state index contributed by atoms with van der Waals surface area (Å²) in [6.45, 7) is 6.62. The second kappa shape index (κ2) is 11.6. The number of thiocarbonyl (C=S) groups is 1. The van der Waals surface area contributed by atoms with Crippen LogP contribution in [0.25, 0.3) is 0 Å². The summed E-state index contributed by atoms with van der Waals surface area (Å²) in [6, 6.07) is 12.1. The smallest absolute Gasteiger partial charge is 0.337 e. The highest BCUT2D eigenvalue weighted by molar-refractivity contribution is 7.80. The van der Waals surface area contributed by atoms with Gasteiger partial charge in [-0.2, -0.15) is 0 Å². The van der Waals surface area contributed by atoms with Crippen molar-refractivity contribution in [3.05, 3.63) is 53.6 Å². The summed E-state index contributed by atoms with van der Waals surface area (Å²) in [4.78, 5) is 26.9. The fourth-order valence-corrected chi connectivity index (χ4v) is 3.52. The van der Waals surface area contributed by atoms with Crippen LogP contribution in [0.3, 0.4) is 0 Å². The van der Waals surface area contributed by atoms with Crippen molar-refractivity contribution in [3.63, 3.8) is 0 Å². The Morgan fingerprint density at radius 3 is 2.61 bits per heavy atom. The van der Waals surface area contributed by atoms with Crippen molar-refractivity contribution in [1.29, 1.82) is 0 Å². The molecular formula is C24H29N3O5S. The highest BCUT2D eigenvalue weighted by Gasteiger charge is 2.19. The van der Waals surface area contributed by atoms with Crippen LogP contribution < -0.4 is 20.3 Å². The Bertz CT molecular complexity index is 1010. The lowest BCUT2D eigenvalue weighted by molar-refractivity contribution is 0.0600. The number of nitrogens with zero attached hydrogens (tertiary/aromatic N) is 1. The number of methoxy groups -OCH3 is 1. The maximum Gasteiger partial charge on any atom is 0.337 e. The average molecular weight is 472 g/mol. The van der Waals surface area contributed by atoms with Gasteiger partial charge in [0.05, 0.1) is 43.4 Å². The van der Waals surface area contributed by atoms with Gasteiger partial charge in [-0.3, -0.25) is 10.1 Å². The molecule has 1 aliphatic heterocycles. The minimum atomic E-state index is -0.459. The molecule has 1 saturated heterocycles. The van der Waals surface area contributed by atoms with E-state index in [1.165, 1.54) is 7.11 Å². The van der Waals surface area contributed by atoms with Crippen LogP contribution in [-0.2, 0) is 9.47 Å². The predicted octanol–water partition coefficient (Wildman–Crippen LogP) is 3.61. The summed E-state index contributed by atoms with van der Waals surface area (Å²) < 4.78 is 16.1. The van der Waals surface area contributed by atoms with Gasteiger partial charge in [0.2, 0.25) is 0 Å².